The van der Waals surface area contributed by atoms with E-state index in [-0.39, 0.29) is 23.0 Å². The molecule has 138 valence electrons. The average molecular weight is 360 g/mol. The lowest BCUT2D eigenvalue weighted by atomic mass is 10.1. The molecule has 0 bridgehead atoms. The first kappa shape index (κ1) is 18.1. The van der Waals surface area contributed by atoms with Crippen LogP contribution < -0.4 is 5.43 Å². The number of pyridine rings is 1. The van der Waals surface area contributed by atoms with Gasteiger partial charge < -0.3 is 14.6 Å². The number of ketones is 1. The Balaban J connectivity index is 2.11. The van der Waals surface area contributed by atoms with Crippen LogP contribution in [0.15, 0.2) is 23.3 Å². The zero-order valence-electron chi connectivity index (χ0n) is 14.4. The van der Waals surface area contributed by atoms with Gasteiger partial charge in [0, 0.05) is 49.4 Å². The number of carbonyl (C=O) groups excluding carboxylic acids is 1. The Morgan fingerprint density at radius 3 is 2.46 bits per heavy atom. The Bertz CT molecular complexity index is 842. The summed E-state index contributed by atoms with van der Waals surface area (Å²) in [5, 5.41) is 9.30. The van der Waals surface area contributed by atoms with Gasteiger partial charge in [0.25, 0.3) is 0 Å². The van der Waals surface area contributed by atoms with Crippen molar-refractivity contribution < 1.29 is 19.1 Å². The van der Waals surface area contributed by atoms with Gasteiger partial charge in [-0.15, -0.1) is 0 Å². The summed E-state index contributed by atoms with van der Waals surface area (Å²) >= 11 is 0. The summed E-state index contributed by atoms with van der Waals surface area (Å²) in [6.07, 6.45) is 6.77. The van der Waals surface area contributed by atoms with Crippen LogP contribution in [0.25, 0.3) is 12.2 Å². The highest BCUT2D eigenvalue weighted by molar-refractivity contribution is 5.88. The van der Waals surface area contributed by atoms with Crippen LogP contribution in [0.3, 0.4) is 0 Å². The fourth-order valence-corrected chi connectivity index (χ4v) is 3.24. The Morgan fingerprint density at radius 1 is 1.31 bits per heavy atom. The molecule has 1 saturated carbocycles. The van der Waals surface area contributed by atoms with E-state index in [9.17, 15) is 23.9 Å². The van der Waals surface area contributed by atoms with Crippen LogP contribution in [0.2, 0.25) is 0 Å². The standard InChI is InChI=1S/C19H21FN2O4/c1-2-15-17(9-13(10-20)21-7-5-14(23)6-8-21)22(12-3-4-12)11-16(18(15)24)19(25)26/h2,9,11-12H,1,3-8,10H2,(H,25,26)/b13-9+. The third-order valence-corrected chi connectivity index (χ3v) is 4.85. The minimum Gasteiger partial charge on any atom is -0.477 e. The van der Waals surface area contributed by atoms with Crippen molar-refractivity contribution in [2.75, 3.05) is 19.8 Å². The molecule has 0 amide bonds. The van der Waals surface area contributed by atoms with Gasteiger partial charge in [-0.25, -0.2) is 9.18 Å². The number of aromatic carboxylic acids is 1. The van der Waals surface area contributed by atoms with E-state index in [0.29, 0.717) is 37.3 Å². The molecule has 1 aliphatic carbocycles. The lowest BCUT2D eigenvalue weighted by Gasteiger charge is -2.29. The third kappa shape index (κ3) is 3.47. The molecule has 1 aliphatic heterocycles. The molecule has 3 rings (SSSR count). The molecule has 1 aromatic rings. The number of carboxylic acid groups (broad SMARTS) is 1. The predicted octanol–water partition coefficient (Wildman–Crippen LogP) is 2.50. The van der Waals surface area contributed by atoms with Crippen molar-refractivity contribution >= 4 is 23.9 Å². The molecule has 2 aliphatic rings. The Labute approximate surface area is 150 Å². The van der Waals surface area contributed by atoms with Gasteiger partial charge in [-0.05, 0) is 18.9 Å². The molecule has 26 heavy (non-hydrogen) atoms. The number of allylic oxidation sites excluding steroid dienone is 1. The molecule has 0 aromatic carbocycles. The van der Waals surface area contributed by atoms with E-state index >= 15 is 0 Å². The molecule has 0 atom stereocenters. The van der Waals surface area contributed by atoms with E-state index in [0.717, 1.165) is 12.8 Å². The monoisotopic (exact) mass is 360 g/mol. The number of hydrogen-bond donors (Lipinski definition) is 1. The second kappa shape index (κ2) is 7.27. The summed E-state index contributed by atoms with van der Waals surface area (Å²) in [5.41, 5.74) is 0.0901. The number of carboxylic acids is 1. The van der Waals surface area contributed by atoms with Gasteiger partial charge in [0.15, 0.2) is 0 Å². The molecule has 6 nitrogen and oxygen atoms in total. The van der Waals surface area contributed by atoms with Crippen LogP contribution in [0.1, 0.15) is 53.3 Å². The molecule has 7 heteroatoms. The van der Waals surface area contributed by atoms with Crippen molar-refractivity contribution in [3.05, 3.63) is 45.5 Å². The van der Waals surface area contributed by atoms with Crippen LogP contribution in [0.5, 0.6) is 0 Å². The summed E-state index contributed by atoms with van der Waals surface area (Å²) < 4.78 is 15.5. The van der Waals surface area contributed by atoms with Crippen molar-refractivity contribution in [1.29, 1.82) is 0 Å². The fourth-order valence-electron chi connectivity index (χ4n) is 3.24. The highest BCUT2D eigenvalue weighted by Crippen LogP contribution is 2.37. The quantitative estimate of drug-likeness (QED) is 0.843. The van der Waals surface area contributed by atoms with E-state index in [2.05, 4.69) is 6.58 Å². The highest BCUT2D eigenvalue weighted by atomic mass is 19.1. The first-order valence-electron chi connectivity index (χ1n) is 8.64. The minimum absolute atomic E-state index is 0.0995. The number of hydrogen-bond acceptors (Lipinski definition) is 4. The SMILES string of the molecule is C=Cc1c(/C=C(\CF)N2CCC(=O)CC2)n(C2CC2)cc(C(=O)O)c1=O. The first-order chi connectivity index (χ1) is 12.5. The van der Waals surface area contributed by atoms with Gasteiger partial charge >= 0.3 is 5.97 Å². The second-order valence-corrected chi connectivity index (χ2v) is 6.61. The number of nitrogens with zero attached hydrogens (tertiary/aromatic N) is 2. The van der Waals surface area contributed by atoms with Crippen LogP contribution in [0.4, 0.5) is 4.39 Å². The number of aromatic nitrogens is 1. The van der Waals surface area contributed by atoms with Gasteiger partial charge in [0.1, 0.15) is 18.0 Å². The summed E-state index contributed by atoms with van der Waals surface area (Å²) in [4.78, 5) is 37.1. The van der Waals surface area contributed by atoms with Crippen molar-refractivity contribution in [2.24, 2.45) is 0 Å². The largest absolute Gasteiger partial charge is 0.477 e. The smallest absolute Gasteiger partial charge is 0.341 e. The van der Waals surface area contributed by atoms with Crippen LogP contribution in [-0.2, 0) is 4.79 Å². The first-order valence-corrected chi connectivity index (χ1v) is 8.64. The van der Waals surface area contributed by atoms with E-state index in [1.807, 2.05) is 0 Å². The van der Waals surface area contributed by atoms with Crippen LogP contribution in [-0.4, -0.2) is 46.1 Å². The fraction of sp³-hybridized carbons (Fsp3) is 0.421. The van der Waals surface area contributed by atoms with E-state index < -0.39 is 18.1 Å². The lowest BCUT2D eigenvalue weighted by molar-refractivity contribution is -0.121. The average Bonchev–Trinajstić information content (AvgIpc) is 3.45. The molecule has 2 fully saturated rings. The van der Waals surface area contributed by atoms with Gasteiger partial charge in [0.05, 0.1) is 5.69 Å². The number of piperidine rings is 1. The maximum Gasteiger partial charge on any atom is 0.341 e. The third-order valence-electron chi connectivity index (χ3n) is 4.85. The minimum atomic E-state index is -1.29. The zero-order valence-corrected chi connectivity index (χ0v) is 14.4. The Kier molecular flexibility index (Phi) is 5.06. The Hall–Kier alpha value is -2.70. The second-order valence-electron chi connectivity index (χ2n) is 6.61. The summed E-state index contributed by atoms with van der Waals surface area (Å²) in [7, 11) is 0. The summed E-state index contributed by atoms with van der Waals surface area (Å²) in [5.74, 6) is -1.13. The molecule has 1 saturated heterocycles. The van der Waals surface area contributed by atoms with Crippen molar-refractivity contribution in [3.63, 3.8) is 0 Å². The number of alkyl halides is 1. The molecule has 0 spiro atoms. The summed E-state index contributed by atoms with van der Waals surface area (Å²) in [6, 6.07) is 0.0995. The van der Waals surface area contributed by atoms with Crippen LogP contribution in [0, 0.1) is 0 Å². The molecule has 2 heterocycles. The van der Waals surface area contributed by atoms with Gasteiger partial charge in [-0.2, -0.15) is 0 Å². The number of likely N-dealkylation sites (tertiary alicyclic amines) is 1. The van der Waals surface area contributed by atoms with E-state index in [1.54, 1.807) is 15.5 Å². The summed E-state index contributed by atoms with van der Waals surface area (Å²) in [6.45, 7) is 3.80. The number of halogens is 1. The number of carbonyl (C=O) groups is 2. The Morgan fingerprint density at radius 2 is 1.96 bits per heavy atom. The molecule has 1 aromatic heterocycles. The van der Waals surface area contributed by atoms with E-state index in [1.165, 1.54) is 12.3 Å². The molecular weight excluding hydrogens is 339 g/mol. The maximum atomic E-state index is 13.7. The topological polar surface area (TPSA) is 79.6 Å². The number of Topliss-reactive ketones (excluding diaryl/α,β-unsaturated/α-hetero) is 1. The maximum absolute atomic E-state index is 13.7. The van der Waals surface area contributed by atoms with Crippen molar-refractivity contribution in [2.45, 2.75) is 31.7 Å². The lowest BCUT2D eigenvalue weighted by Crippen LogP contribution is -2.34. The predicted molar refractivity (Wildman–Crippen MR) is 95.8 cm³/mol. The van der Waals surface area contributed by atoms with Gasteiger partial charge in [-0.1, -0.05) is 12.7 Å². The highest BCUT2D eigenvalue weighted by Gasteiger charge is 2.28. The molecule has 1 N–H and O–H groups in total. The van der Waals surface area contributed by atoms with Crippen molar-refractivity contribution in [3.8, 4) is 0 Å². The zero-order chi connectivity index (χ0) is 18.8. The molecule has 0 unspecified atom stereocenters. The molecular formula is C19H21FN2O4. The van der Waals surface area contributed by atoms with E-state index in [4.69, 9.17) is 0 Å². The molecule has 0 radical (unpaired) electrons. The van der Waals surface area contributed by atoms with Crippen molar-refractivity contribution in [1.82, 2.24) is 9.47 Å². The van der Waals surface area contributed by atoms with Gasteiger partial charge in [-0.3, -0.25) is 9.59 Å². The van der Waals surface area contributed by atoms with Gasteiger partial charge in [0.2, 0.25) is 5.43 Å². The number of rotatable bonds is 6. The van der Waals surface area contributed by atoms with Crippen LogP contribution >= 0.6 is 0 Å². The normalized spacial score (nSPS) is 18.1.